The number of nitrogens with one attached hydrogen (secondary N) is 1. The summed E-state index contributed by atoms with van der Waals surface area (Å²) in [6, 6.07) is 0. The molecule has 0 aliphatic carbocycles. The minimum Gasteiger partial charge on any atom is -0.394 e. The van der Waals surface area contributed by atoms with Crippen LogP contribution in [-0.4, -0.2) is 72.4 Å². The van der Waals surface area contributed by atoms with E-state index in [1.165, 1.54) is 45.6 Å². The van der Waals surface area contributed by atoms with Crippen molar-refractivity contribution in [2.75, 3.05) is 46.4 Å². The summed E-state index contributed by atoms with van der Waals surface area (Å²) < 4.78 is 0. The normalized spacial score (nSPS) is 21.9. The van der Waals surface area contributed by atoms with Crippen LogP contribution in [0.5, 0.6) is 0 Å². The second-order valence-electron chi connectivity index (χ2n) is 7.43. The van der Waals surface area contributed by atoms with Gasteiger partial charge in [-0.3, -0.25) is 4.90 Å². The lowest BCUT2D eigenvalue weighted by molar-refractivity contribution is 0.0611. The highest BCUT2D eigenvalue weighted by Crippen LogP contribution is 2.17. The van der Waals surface area contributed by atoms with Gasteiger partial charge in [-0.2, -0.15) is 0 Å². The van der Waals surface area contributed by atoms with Gasteiger partial charge >= 0.3 is 0 Å². The van der Waals surface area contributed by atoms with Gasteiger partial charge in [0.05, 0.1) is 6.61 Å². The zero-order valence-electron chi connectivity index (χ0n) is 14.2. The molecule has 0 amide bonds. The van der Waals surface area contributed by atoms with E-state index in [-0.39, 0.29) is 12.1 Å². The summed E-state index contributed by atoms with van der Waals surface area (Å²) >= 11 is 0. The number of rotatable bonds is 7. The third kappa shape index (κ3) is 5.68. The standard InChI is InChI=1S/C16H35N3O/c1-15(2,3)19-12-10-18(11-13-19)9-7-6-8-16(4,14-20)17-5/h17,20H,6-14H2,1-5H3. The Balaban J connectivity index is 2.16. The van der Waals surface area contributed by atoms with E-state index < -0.39 is 0 Å². The lowest BCUT2D eigenvalue weighted by Crippen LogP contribution is -2.53. The summed E-state index contributed by atoms with van der Waals surface area (Å²) in [5.74, 6) is 0. The molecule has 1 aliphatic heterocycles. The van der Waals surface area contributed by atoms with Crippen LogP contribution in [0.3, 0.4) is 0 Å². The van der Waals surface area contributed by atoms with Crippen LogP contribution in [0.15, 0.2) is 0 Å². The van der Waals surface area contributed by atoms with Crippen LogP contribution in [0.2, 0.25) is 0 Å². The molecule has 0 bridgehead atoms. The molecule has 0 aromatic rings. The van der Waals surface area contributed by atoms with Crippen molar-refractivity contribution in [1.82, 2.24) is 15.1 Å². The molecule has 1 heterocycles. The van der Waals surface area contributed by atoms with Gasteiger partial charge in [-0.1, -0.05) is 6.42 Å². The largest absolute Gasteiger partial charge is 0.394 e. The first-order valence-electron chi connectivity index (χ1n) is 8.08. The van der Waals surface area contributed by atoms with E-state index in [1.54, 1.807) is 0 Å². The van der Waals surface area contributed by atoms with Crippen molar-refractivity contribution in [2.45, 2.75) is 58.0 Å². The molecule has 2 N–H and O–H groups in total. The maximum absolute atomic E-state index is 9.36. The summed E-state index contributed by atoms with van der Waals surface area (Å²) in [6.07, 6.45) is 3.45. The third-order valence-corrected chi connectivity index (χ3v) is 4.73. The smallest absolute Gasteiger partial charge is 0.0610 e. The van der Waals surface area contributed by atoms with Crippen molar-refractivity contribution in [3.8, 4) is 0 Å². The zero-order valence-corrected chi connectivity index (χ0v) is 14.2. The zero-order chi connectivity index (χ0) is 15.2. The molecule has 20 heavy (non-hydrogen) atoms. The van der Waals surface area contributed by atoms with Crippen LogP contribution in [0, 0.1) is 0 Å². The van der Waals surface area contributed by atoms with Crippen LogP contribution in [0.4, 0.5) is 0 Å². The van der Waals surface area contributed by atoms with E-state index in [0.717, 1.165) is 6.42 Å². The molecule has 0 spiro atoms. The molecule has 1 rings (SSSR count). The van der Waals surface area contributed by atoms with Crippen molar-refractivity contribution < 1.29 is 5.11 Å². The minimum atomic E-state index is -0.106. The van der Waals surface area contributed by atoms with Gasteiger partial charge in [-0.15, -0.1) is 0 Å². The van der Waals surface area contributed by atoms with Crippen molar-refractivity contribution in [2.24, 2.45) is 0 Å². The van der Waals surface area contributed by atoms with Crippen LogP contribution in [0.1, 0.15) is 47.0 Å². The molecule has 1 fully saturated rings. The van der Waals surface area contributed by atoms with Gasteiger partial charge in [0.1, 0.15) is 0 Å². The summed E-state index contributed by atoms with van der Waals surface area (Å²) in [7, 11) is 1.93. The first-order chi connectivity index (χ1) is 9.30. The van der Waals surface area contributed by atoms with Crippen molar-refractivity contribution in [3.63, 3.8) is 0 Å². The Morgan fingerprint density at radius 2 is 1.60 bits per heavy atom. The second-order valence-corrected chi connectivity index (χ2v) is 7.43. The molecular weight excluding hydrogens is 250 g/mol. The number of unbranched alkanes of at least 4 members (excludes halogenated alkanes) is 1. The Kier molecular flexibility index (Phi) is 6.92. The van der Waals surface area contributed by atoms with Crippen LogP contribution in [-0.2, 0) is 0 Å². The van der Waals surface area contributed by atoms with E-state index >= 15 is 0 Å². The van der Waals surface area contributed by atoms with Gasteiger partial charge in [0.25, 0.3) is 0 Å². The molecule has 4 heteroatoms. The molecule has 1 atom stereocenters. The Morgan fingerprint density at radius 1 is 1.00 bits per heavy atom. The number of nitrogens with zero attached hydrogens (tertiary/aromatic N) is 2. The van der Waals surface area contributed by atoms with Gasteiger partial charge < -0.3 is 15.3 Å². The molecule has 0 aromatic heterocycles. The highest BCUT2D eigenvalue weighted by atomic mass is 16.3. The lowest BCUT2D eigenvalue weighted by Gasteiger charge is -2.42. The number of aliphatic hydroxyl groups is 1. The quantitative estimate of drug-likeness (QED) is 0.696. The first-order valence-corrected chi connectivity index (χ1v) is 8.08. The van der Waals surface area contributed by atoms with Gasteiger partial charge in [-0.25, -0.2) is 0 Å². The summed E-state index contributed by atoms with van der Waals surface area (Å²) in [5.41, 5.74) is 0.201. The lowest BCUT2D eigenvalue weighted by atomic mass is 9.96. The number of hydrogen-bond acceptors (Lipinski definition) is 4. The predicted molar refractivity (Wildman–Crippen MR) is 86.2 cm³/mol. The molecule has 0 aromatic carbocycles. The Morgan fingerprint density at radius 3 is 2.05 bits per heavy atom. The fourth-order valence-corrected chi connectivity index (χ4v) is 2.78. The fourth-order valence-electron chi connectivity index (χ4n) is 2.78. The number of likely N-dealkylation sites (N-methyl/N-ethyl adjacent to an activating group) is 1. The number of aliphatic hydroxyl groups excluding tert-OH is 1. The number of hydrogen-bond donors (Lipinski definition) is 2. The molecule has 4 nitrogen and oxygen atoms in total. The molecule has 0 radical (unpaired) electrons. The fraction of sp³-hybridized carbons (Fsp3) is 1.00. The Hall–Kier alpha value is -0.160. The molecule has 1 saturated heterocycles. The third-order valence-electron chi connectivity index (χ3n) is 4.73. The highest BCUT2D eigenvalue weighted by molar-refractivity contribution is 4.83. The van der Waals surface area contributed by atoms with Gasteiger partial charge in [0.2, 0.25) is 0 Å². The molecule has 0 saturated carbocycles. The molecular formula is C16H35N3O. The van der Waals surface area contributed by atoms with Gasteiger partial charge in [0, 0.05) is 37.3 Å². The van der Waals surface area contributed by atoms with Crippen LogP contribution >= 0.6 is 0 Å². The summed E-state index contributed by atoms with van der Waals surface area (Å²) in [5, 5.41) is 12.6. The monoisotopic (exact) mass is 285 g/mol. The van der Waals surface area contributed by atoms with E-state index in [1.807, 2.05) is 7.05 Å². The maximum atomic E-state index is 9.36. The number of piperazine rings is 1. The average Bonchev–Trinajstić information content (AvgIpc) is 2.43. The molecule has 120 valence electrons. The first kappa shape index (κ1) is 17.9. The average molecular weight is 285 g/mol. The van der Waals surface area contributed by atoms with Crippen LogP contribution < -0.4 is 5.32 Å². The topological polar surface area (TPSA) is 38.7 Å². The van der Waals surface area contributed by atoms with Crippen molar-refractivity contribution in [1.29, 1.82) is 0 Å². The van der Waals surface area contributed by atoms with Gasteiger partial charge in [0.15, 0.2) is 0 Å². The molecule has 1 aliphatic rings. The van der Waals surface area contributed by atoms with Crippen molar-refractivity contribution >= 4 is 0 Å². The predicted octanol–water partition coefficient (Wildman–Crippen LogP) is 1.54. The maximum Gasteiger partial charge on any atom is 0.0610 e. The van der Waals surface area contributed by atoms with Crippen LogP contribution in [0.25, 0.3) is 0 Å². The van der Waals surface area contributed by atoms with E-state index in [2.05, 4.69) is 42.8 Å². The van der Waals surface area contributed by atoms with Crippen molar-refractivity contribution in [3.05, 3.63) is 0 Å². The highest BCUT2D eigenvalue weighted by Gasteiger charge is 2.25. The molecule has 1 unspecified atom stereocenters. The summed E-state index contributed by atoms with van der Waals surface area (Å²) in [6.45, 7) is 15.2. The minimum absolute atomic E-state index is 0.106. The van der Waals surface area contributed by atoms with E-state index in [9.17, 15) is 5.11 Å². The van der Waals surface area contributed by atoms with Gasteiger partial charge in [-0.05, 0) is 54.1 Å². The van der Waals surface area contributed by atoms with E-state index in [0.29, 0.717) is 5.54 Å². The SMILES string of the molecule is CNC(C)(CO)CCCCN1CCN(C(C)(C)C)CC1. The Labute approximate surface area is 125 Å². The Bertz CT molecular complexity index is 263. The van der Waals surface area contributed by atoms with E-state index in [4.69, 9.17) is 0 Å². The summed E-state index contributed by atoms with van der Waals surface area (Å²) in [4.78, 5) is 5.16. The second kappa shape index (κ2) is 7.74.